The molecule has 0 heterocycles. The number of ether oxygens (including phenoxy) is 1. The maximum atomic E-state index is 11.8. The minimum absolute atomic E-state index is 0.115. The van der Waals surface area contributed by atoms with Gasteiger partial charge in [-0.3, -0.25) is 4.79 Å². The van der Waals surface area contributed by atoms with Crippen LogP contribution in [0.2, 0.25) is 0 Å². The molecule has 2 N–H and O–H groups in total. The second-order valence-electron chi connectivity index (χ2n) is 4.24. The van der Waals surface area contributed by atoms with Crippen LogP contribution in [0.1, 0.15) is 43.0 Å². The van der Waals surface area contributed by atoms with Crippen LogP contribution in [-0.2, 0) is 4.79 Å². The Morgan fingerprint density at radius 3 is 2.58 bits per heavy atom. The number of unbranched alkanes of at least 4 members (excludes halogenated alkanes) is 2. The molecule has 1 rings (SSSR count). The van der Waals surface area contributed by atoms with E-state index in [2.05, 4.69) is 6.92 Å². The third-order valence-corrected chi connectivity index (χ3v) is 2.64. The monoisotopic (exact) mass is 266 g/mol. The number of carboxylic acid groups (broad SMARTS) is 1. The average Bonchev–Trinajstić information content (AvgIpc) is 2.36. The van der Waals surface area contributed by atoms with Crippen molar-refractivity contribution in [2.45, 2.75) is 32.6 Å². The Bertz CT molecular complexity index is 453. The zero-order chi connectivity index (χ0) is 14.3. The largest absolute Gasteiger partial charge is 0.507 e. The number of benzene rings is 1. The number of carbonyl (C=O) groups is 2. The number of hydrogen-bond donors (Lipinski definition) is 2. The van der Waals surface area contributed by atoms with Crippen molar-refractivity contribution in [3.63, 3.8) is 0 Å². The standard InChI is InChI=1S/C14H18O5/c1-2-3-4-5-12(15)11-7-6-10(8-13(11)16)19-9-14(17)18/h6-8,16H,2-5,9H2,1H3,(H,17,18). The SMILES string of the molecule is CCCCCC(=O)c1ccc(OCC(=O)O)cc1O. The number of aromatic hydroxyl groups is 1. The van der Waals surface area contributed by atoms with Crippen molar-refractivity contribution < 1.29 is 24.5 Å². The van der Waals surface area contributed by atoms with Gasteiger partial charge < -0.3 is 14.9 Å². The molecule has 0 aromatic heterocycles. The molecule has 0 amide bonds. The van der Waals surface area contributed by atoms with Crippen molar-refractivity contribution in [2.75, 3.05) is 6.61 Å². The molecule has 5 nitrogen and oxygen atoms in total. The molecule has 0 fully saturated rings. The molecule has 5 heteroatoms. The van der Waals surface area contributed by atoms with Gasteiger partial charge in [0.2, 0.25) is 0 Å². The average molecular weight is 266 g/mol. The number of carbonyl (C=O) groups excluding carboxylic acids is 1. The predicted molar refractivity (Wildman–Crippen MR) is 69.7 cm³/mol. The van der Waals surface area contributed by atoms with Crippen LogP contribution in [0, 0.1) is 0 Å². The molecule has 0 saturated heterocycles. The topological polar surface area (TPSA) is 83.8 Å². The zero-order valence-corrected chi connectivity index (χ0v) is 10.9. The summed E-state index contributed by atoms with van der Waals surface area (Å²) in [5, 5.41) is 18.2. The molecular weight excluding hydrogens is 248 g/mol. The van der Waals surface area contributed by atoms with Crippen LogP contribution >= 0.6 is 0 Å². The third kappa shape index (κ3) is 4.99. The van der Waals surface area contributed by atoms with E-state index in [1.807, 2.05) is 0 Å². The van der Waals surface area contributed by atoms with E-state index in [1.165, 1.54) is 18.2 Å². The first-order valence-corrected chi connectivity index (χ1v) is 6.25. The molecule has 0 unspecified atom stereocenters. The number of aliphatic carboxylic acids is 1. The summed E-state index contributed by atoms with van der Waals surface area (Å²) in [5.41, 5.74) is 0.249. The van der Waals surface area contributed by atoms with Gasteiger partial charge in [-0.15, -0.1) is 0 Å². The number of hydrogen-bond acceptors (Lipinski definition) is 4. The lowest BCUT2D eigenvalue weighted by Gasteiger charge is -2.07. The summed E-state index contributed by atoms with van der Waals surface area (Å²) in [6.07, 6.45) is 3.20. The second kappa shape index (κ2) is 7.41. The Balaban J connectivity index is 2.65. The highest BCUT2D eigenvalue weighted by Gasteiger charge is 2.12. The fourth-order valence-electron chi connectivity index (χ4n) is 1.65. The fourth-order valence-corrected chi connectivity index (χ4v) is 1.65. The number of Topliss-reactive ketones (excluding diaryl/α,β-unsaturated/α-hetero) is 1. The van der Waals surface area contributed by atoms with Crippen molar-refractivity contribution >= 4 is 11.8 Å². The Morgan fingerprint density at radius 2 is 2.00 bits per heavy atom. The van der Waals surface area contributed by atoms with E-state index in [4.69, 9.17) is 9.84 Å². The molecule has 104 valence electrons. The van der Waals surface area contributed by atoms with Crippen LogP contribution in [-0.4, -0.2) is 28.6 Å². The van der Waals surface area contributed by atoms with Crippen LogP contribution in [0.3, 0.4) is 0 Å². The van der Waals surface area contributed by atoms with E-state index in [1.54, 1.807) is 0 Å². The highest BCUT2D eigenvalue weighted by Crippen LogP contribution is 2.25. The van der Waals surface area contributed by atoms with Crippen molar-refractivity contribution in [3.8, 4) is 11.5 Å². The Hall–Kier alpha value is -2.04. The smallest absolute Gasteiger partial charge is 0.341 e. The molecule has 0 aliphatic heterocycles. The number of ketones is 1. The quantitative estimate of drug-likeness (QED) is 0.558. The molecule has 1 aromatic rings. The third-order valence-electron chi connectivity index (χ3n) is 2.64. The summed E-state index contributed by atoms with van der Waals surface area (Å²) in [4.78, 5) is 22.2. The van der Waals surface area contributed by atoms with Crippen molar-refractivity contribution in [2.24, 2.45) is 0 Å². The van der Waals surface area contributed by atoms with E-state index in [9.17, 15) is 14.7 Å². The summed E-state index contributed by atoms with van der Waals surface area (Å²) in [6.45, 7) is 1.57. The summed E-state index contributed by atoms with van der Waals surface area (Å²) >= 11 is 0. The summed E-state index contributed by atoms with van der Waals surface area (Å²) in [6, 6.07) is 4.20. The van der Waals surface area contributed by atoms with Crippen molar-refractivity contribution in [1.29, 1.82) is 0 Å². The van der Waals surface area contributed by atoms with Gasteiger partial charge in [0.1, 0.15) is 11.5 Å². The zero-order valence-electron chi connectivity index (χ0n) is 10.9. The Kier molecular flexibility index (Phi) is 5.85. The van der Waals surface area contributed by atoms with Crippen molar-refractivity contribution in [1.82, 2.24) is 0 Å². The summed E-state index contributed by atoms with van der Waals surface area (Å²) < 4.78 is 4.91. The number of rotatable bonds is 8. The van der Waals surface area contributed by atoms with Crippen LogP contribution in [0.4, 0.5) is 0 Å². The van der Waals surface area contributed by atoms with Crippen LogP contribution in [0.25, 0.3) is 0 Å². The van der Waals surface area contributed by atoms with Crippen molar-refractivity contribution in [3.05, 3.63) is 23.8 Å². The first kappa shape index (κ1) is 15.0. The molecule has 0 bridgehead atoms. The van der Waals surface area contributed by atoms with Gasteiger partial charge >= 0.3 is 5.97 Å². The van der Waals surface area contributed by atoms with Gasteiger partial charge in [-0.05, 0) is 18.6 Å². The van der Waals surface area contributed by atoms with Gasteiger partial charge in [0, 0.05) is 12.5 Å². The molecule has 0 radical (unpaired) electrons. The molecule has 0 aliphatic rings. The molecule has 0 saturated carbocycles. The van der Waals surface area contributed by atoms with Gasteiger partial charge in [-0.25, -0.2) is 4.79 Å². The highest BCUT2D eigenvalue weighted by atomic mass is 16.5. The lowest BCUT2D eigenvalue weighted by molar-refractivity contribution is -0.139. The molecule has 0 spiro atoms. The van der Waals surface area contributed by atoms with E-state index in [0.717, 1.165) is 19.3 Å². The van der Waals surface area contributed by atoms with E-state index >= 15 is 0 Å². The predicted octanol–water partition coefficient (Wildman–Crippen LogP) is 2.62. The summed E-state index contributed by atoms with van der Waals surface area (Å²) in [7, 11) is 0. The molecule has 1 aromatic carbocycles. The highest BCUT2D eigenvalue weighted by molar-refractivity contribution is 5.98. The molecule has 0 aliphatic carbocycles. The lowest BCUT2D eigenvalue weighted by atomic mass is 10.0. The fraction of sp³-hybridized carbons (Fsp3) is 0.429. The number of carboxylic acids is 1. The Morgan fingerprint density at radius 1 is 1.26 bits per heavy atom. The van der Waals surface area contributed by atoms with Crippen LogP contribution in [0.15, 0.2) is 18.2 Å². The number of phenols is 1. The molecule has 19 heavy (non-hydrogen) atoms. The Labute approximate surface area is 111 Å². The van der Waals surface area contributed by atoms with Gasteiger partial charge in [0.25, 0.3) is 0 Å². The normalized spacial score (nSPS) is 10.2. The van der Waals surface area contributed by atoms with Crippen LogP contribution in [0.5, 0.6) is 11.5 Å². The van der Waals surface area contributed by atoms with E-state index < -0.39 is 12.6 Å². The minimum Gasteiger partial charge on any atom is -0.507 e. The van der Waals surface area contributed by atoms with Gasteiger partial charge in [0.15, 0.2) is 12.4 Å². The van der Waals surface area contributed by atoms with Gasteiger partial charge in [0.05, 0.1) is 5.56 Å². The molecule has 0 atom stereocenters. The maximum absolute atomic E-state index is 11.8. The molecular formula is C14H18O5. The van der Waals surface area contributed by atoms with Gasteiger partial charge in [-0.2, -0.15) is 0 Å². The van der Waals surface area contributed by atoms with Crippen LogP contribution < -0.4 is 4.74 Å². The van der Waals surface area contributed by atoms with Gasteiger partial charge in [-0.1, -0.05) is 19.8 Å². The minimum atomic E-state index is -1.10. The first-order chi connectivity index (χ1) is 9.04. The lowest BCUT2D eigenvalue weighted by Crippen LogP contribution is -2.09. The van der Waals surface area contributed by atoms with E-state index in [-0.39, 0.29) is 22.8 Å². The first-order valence-electron chi connectivity index (χ1n) is 6.25. The number of phenolic OH excluding ortho intramolecular Hbond substituents is 1. The second-order valence-corrected chi connectivity index (χ2v) is 4.24. The maximum Gasteiger partial charge on any atom is 0.341 e. The summed E-state index contributed by atoms with van der Waals surface area (Å²) in [5.74, 6) is -1.16. The van der Waals surface area contributed by atoms with E-state index in [0.29, 0.717) is 6.42 Å².